The van der Waals surface area contributed by atoms with Crippen LogP contribution < -0.4 is 0 Å². The maximum atomic E-state index is 12.8. The van der Waals surface area contributed by atoms with Gasteiger partial charge < -0.3 is 10.0 Å². The topological polar surface area (TPSA) is 75.4 Å². The van der Waals surface area contributed by atoms with Gasteiger partial charge >= 0.3 is 5.97 Å². The molecule has 1 aliphatic rings. The number of hydrogen-bond acceptors (Lipinski definition) is 4. The van der Waals surface area contributed by atoms with Crippen LogP contribution in [0.15, 0.2) is 35.5 Å². The summed E-state index contributed by atoms with van der Waals surface area (Å²) in [5.41, 5.74) is 1.95. The second-order valence-electron chi connectivity index (χ2n) is 6.22. The molecule has 1 saturated heterocycles. The number of rotatable bonds is 4. The van der Waals surface area contributed by atoms with Crippen LogP contribution in [0.25, 0.3) is 0 Å². The zero-order valence-corrected chi connectivity index (χ0v) is 15.1. The number of aryl methyl sites for hydroxylation is 1. The normalized spacial score (nSPS) is 15.4. The van der Waals surface area contributed by atoms with Crippen molar-refractivity contribution in [1.82, 2.24) is 14.7 Å². The van der Waals surface area contributed by atoms with Gasteiger partial charge in [0.15, 0.2) is 0 Å². The monoisotopic (exact) mass is 359 g/mol. The van der Waals surface area contributed by atoms with Crippen LogP contribution in [0.1, 0.15) is 45.2 Å². The molecule has 1 fully saturated rings. The summed E-state index contributed by atoms with van der Waals surface area (Å²) in [6.07, 6.45) is 6.48. The highest BCUT2D eigenvalue weighted by molar-refractivity contribution is 7.98. The fraction of sp³-hybridized carbons (Fsp3) is 0.389. The number of carbonyl (C=O) groups is 2. The Bertz CT molecular complexity index is 795. The molecule has 0 atom stereocenters. The minimum atomic E-state index is -0.969. The molecule has 1 aliphatic heterocycles. The van der Waals surface area contributed by atoms with Crippen LogP contribution in [0, 0.1) is 6.92 Å². The molecule has 3 rings (SSSR count). The first-order chi connectivity index (χ1) is 12.0. The lowest BCUT2D eigenvalue weighted by Crippen LogP contribution is -2.39. The SMILES string of the molecule is CSc1ccc(C)c(C(=O)N2CCC(n3cc(C(=O)O)cn3)CC2)c1. The summed E-state index contributed by atoms with van der Waals surface area (Å²) in [4.78, 5) is 26.8. The van der Waals surface area contributed by atoms with Gasteiger partial charge in [0.1, 0.15) is 0 Å². The number of amides is 1. The Hall–Kier alpha value is -2.28. The minimum Gasteiger partial charge on any atom is -0.478 e. The van der Waals surface area contributed by atoms with Gasteiger partial charge in [-0.15, -0.1) is 11.8 Å². The Morgan fingerprint density at radius 3 is 2.60 bits per heavy atom. The predicted molar refractivity (Wildman–Crippen MR) is 96.3 cm³/mol. The second kappa shape index (κ2) is 7.31. The van der Waals surface area contributed by atoms with Gasteiger partial charge in [0.2, 0.25) is 0 Å². The molecule has 1 N–H and O–H groups in total. The zero-order chi connectivity index (χ0) is 18.0. The van der Waals surface area contributed by atoms with Crippen molar-refractivity contribution in [2.24, 2.45) is 0 Å². The number of likely N-dealkylation sites (tertiary alicyclic amines) is 1. The largest absolute Gasteiger partial charge is 0.478 e. The highest BCUT2D eigenvalue weighted by atomic mass is 32.2. The molecular weight excluding hydrogens is 338 g/mol. The number of carboxylic acid groups (broad SMARTS) is 1. The van der Waals surface area contributed by atoms with Gasteiger partial charge in [-0.25, -0.2) is 4.79 Å². The van der Waals surface area contributed by atoms with Crippen molar-refractivity contribution < 1.29 is 14.7 Å². The van der Waals surface area contributed by atoms with Crippen LogP contribution in [0.3, 0.4) is 0 Å². The number of carboxylic acids is 1. The number of carbonyl (C=O) groups excluding carboxylic acids is 1. The number of nitrogens with zero attached hydrogens (tertiary/aromatic N) is 3. The average Bonchev–Trinajstić information content (AvgIpc) is 3.12. The summed E-state index contributed by atoms with van der Waals surface area (Å²) in [5.74, 6) is -0.901. The number of aromatic nitrogens is 2. The standard InChI is InChI=1S/C18H21N3O3S/c1-12-3-4-15(25-2)9-16(12)17(22)20-7-5-14(6-8-20)21-11-13(10-19-21)18(23)24/h3-4,9-11,14H,5-8H2,1-2H3,(H,23,24). The minimum absolute atomic E-state index is 0.0681. The zero-order valence-electron chi connectivity index (χ0n) is 14.3. The third kappa shape index (κ3) is 3.71. The molecule has 6 nitrogen and oxygen atoms in total. The van der Waals surface area contributed by atoms with E-state index < -0.39 is 5.97 Å². The molecule has 1 aromatic carbocycles. The lowest BCUT2D eigenvalue weighted by Gasteiger charge is -2.32. The van der Waals surface area contributed by atoms with Crippen LogP contribution in [-0.2, 0) is 0 Å². The van der Waals surface area contributed by atoms with E-state index in [-0.39, 0.29) is 17.5 Å². The van der Waals surface area contributed by atoms with Gasteiger partial charge in [0.25, 0.3) is 5.91 Å². The van der Waals surface area contributed by atoms with Crippen molar-refractivity contribution in [2.75, 3.05) is 19.3 Å². The molecular formula is C18H21N3O3S. The van der Waals surface area contributed by atoms with E-state index in [0.717, 1.165) is 28.9 Å². The fourth-order valence-corrected chi connectivity index (χ4v) is 3.55. The van der Waals surface area contributed by atoms with Crippen LogP contribution in [0.2, 0.25) is 0 Å². The fourth-order valence-electron chi connectivity index (χ4n) is 3.11. The first kappa shape index (κ1) is 17.5. The Balaban J connectivity index is 1.67. The maximum Gasteiger partial charge on any atom is 0.338 e. The number of aromatic carboxylic acids is 1. The van der Waals surface area contributed by atoms with E-state index in [0.29, 0.717) is 13.1 Å². The number of piperidine rings is 1. The molecule has 25 heavy (non-hydrogen) atoms. The van der Waals surface area contributed by atoms with E-state index in [1.165, 1.54) is 6.20 Å². The highest BCUT2D eigenvalue weighted by Crippen LogP contribution is 2.25. The number of thioether (sulfide) groups is 1. The molecule has 1 aromatic heterocycles. The van der Waals surface area contributed by atoms with Crippen molar-refractivity contribution in [1.29, 1.82) is 0 Å². The van der Waals surface area contributed by atoms with Crippen molar-refractivity contribution >= 4 is 23.6 Å². The smallest absolute Gasteiger partial charge is 0.338 e. The first-order valence-electron chi connectivity index (χ1n) is 8.21. The molecule has 2 aromatic rings. The van der Waals surface area contributed by atoms with Gasteiger partial charge in [-0.2, -0.15) is 5.10 Å². The highest BCUT2D eigenvalue weighted by Gasteiger charge is 2.26. The second-order valence-corrected chi connectivity index (χ2v) is 7.10. The molecule has 0 bridgehead atoms. The molecule has 0 saturated carbocycles. The quantitative estimate of drug-likeness (QED) is 0.849. The molecule has 0 unspecified atom stereocenters. The van der Waals surface area contributed by atoms with E-state index >= 15 is 0 Å². The summed E-state index contributed by atoms with van der Waals surface area (Å²) in [7, 11) is 0. The Kier molecular flexibility index (Phi) is 5.13. The van der Waals surface area contributed by atoms with Crippen molar-refractivity contribution in [3.05, 3.63) is 47.3 Å². The van der Waals surface area contributed by atoms with Crippen LogP contribution in [-0.4, -0.2) is 51.0 Å². The summed E-state index contributed by atoms with van der Waals surface area (Å²) in [5, 5.41) is 13.2. The molecule has 0 spiro atoms. The number of hydrogen-bond donors (Lipinski definition) is 1. The van der Waals surface area contributed by atoms with Gasteiger partial charge in [-0.05, 0) is 43.7 Å². The van der Waals surface area contributed by atoms with E-state index in [1.54, 1.807) is 22.6 Å². The number of benzene rings is 1. The van der Waals surface area contributed by atoms with E-state index in [1.807, 2.05) is 36.3 Å². The summed E-state index contributed by atoms with van der Waals surface area (Å²) in [6.45, 7) is 3.25. The molecule has 7 heteroatoms. The maximum absolute atomic E-state index is 12.8. The Morgan fingerprint density at radius 2 is 2.00 bits per heavy atom. The van der Waals surface area contributed by atoms with Gasteiger partial charge in [0, 0.05) is 29.7 Å². The molecule has 0 aliphatic carbocycles. The first-order valence-corrected chi connectivity index (χ1v) is 9.43. The lowest BCUT2D eigenvalue weighted by atomic mass is 10.0. The third-order valence-electron chi connectivity index (χ3n) is 4.65. The van der Waals surface area contributed by atoms with Gasteiger partial charge in [-0.1, -0.05) is 6.07 Å². The van der Waals surface area contributed by atoms with Crippen LogP contribution in [0.5, 0.6) is 0 Å². The summed E-state index contributed by atoms with van der Waals surface area (Å²) in [6, 6.07) is 6.11. The molecule has 0 radical (unpaired) electrons. The van der Waals surface area contributed by atoms with Crippen molar-refractivity contribution in [3.8, 4) is 0 Å². The van der Waals surface area contributed by atoms with Crippen LogP contribution in [0.4, 0.5) is 0 Å². The van der Waals surface area contributed by atoms with E-state index in [2.05, 4.69) is 5.10 Å². The van der Waals surface area contributed by atoms with E-state index in [4.69, 9.17) is 5.11 Å². The van der Waals surface area contributed by atoms with Crippen LogP contribution >= 0.6 is 11.8 Å². The molecule has 2 heterocycles. The lowest BCUT2D eigenvalue weighted by molar-refractivity contribution is 0.0687. The van der Waals surface area contributed by atoms with Crippen molar-refractivity contribution in [2.45, 2.75) is 30.7 Å². The average molecular weight is 359 g/mol. The summed E-state index contributed by atoms with van der Waals surface area (Å²) >= 11 is 1.63. The van der Waals surface area contributed by atoms with E-state index in [9.17, 15) is 9.59 Å². The predicted octanol–water partition coefficient (Wildman–Crippen LogP) is 3.09. The van der Waals surface area contributed by atoms with Crippen molar-refractivity contribution in [3.63, 3.8) is 0 Å². The third-order valence-corrected chi connectivity index (χ3v) is 5.37. The van der Waals surface area contributed by atoms with Gasteiger partial charge in [0.05, 0.1) is 17.8 Å². The van der Waals surface area contributed by atoms with Gasteiger partial charge in [-0.3, -0.25) is 9.48 Å². The molecule has 132 valence electrons. The molecule has 1 amide bonds. The Labute approximate surface area is 150 Å². The summed E-state index contributed by atoms with van der Waals surface area (Å²) < 4.78 is 1.71. The Morgan fingerprint density at radius 1 is 1.28 bits per heavy atom.